The molecule has 2 aromatic heterocycles. The van der Waals surface area contributed by atoms with E-state index in [2.05, 4.69) is 25.6 Å². The number of carbonyl (C=O) groups excluding carboxylic acids is 2. The van der Waals surface area contributed by atoms with Gasteiger partial charge in [0.05, 0.1) is 26.7 Å². The molecule has 0 fully saturated rings. The molecule has 3 N–H and O–H groups in total. The lowest BCUT2D eigenvalue weighted by Crippen LogP contribution is -2.16. The second-order valence-corrected chi connectivity index (χ2v) is 8.56. The maximum atomic E-state index is 13.3. The zero-order valence-electron chi connectivity index (χ0n) is 18.0. The summed E-state index contributed by atoms with van der Waals surface area (Å²) < 4.78 is 5.15. The number of imidazole rings is 1. The van der Waals surface area contributed by atoms with E-state index in [-0.39, 0.29) is 27.8 Å². The van der Waals surface area contributed by atoms with Crippen molar-refractivity contribution in [1.29, 1.82) is 0 Å². The zero-order chi connectivity index (χ0) is 24.4. The summed E-state index contributed by atoms with van der Waals surface area (Å²) in [5.74, 6) is -0.457. The van der Waals surface area contributed by atoms with E-state index in [9.17, 15) is 9.59 Å². The van der Waals surface area contributed by atoms with Crippen LogP contribution in [0.4, 0.5) is 11.4 Å². The predicted molar refractivity (Wildman–Crippen MR) is 133 cm³/mol. The molecule has 2 heterocycles. The third-order valence-corrected chi connectivity index (χ3v) is 6.00. The Hall–Kier alpha value is -3.17. The first-order valence-corrected chi connectivity index (χ1v) is 11.1. The molecule has 0 bridgehead atoms. The van der Waals surface area contributed by atoms with Gasteiger partial charge in [-0.15, -0.1) is 0 Å². The Bertz CT molecular complexity index is 1400. The van der Waals surface area contributed by atoms with E-state index < -0.39 is 11.8 Å². The van der Waals surface area contributed by atoms with Crippen LogP contribution in [-0.2, 0) is 11.3 Å². The van der Waals surface area contributed by atoms with E-state index in [1.54, 1.807) is 31.2 Å². The van der Waals surface area contributed by atoms with Crippen LogP contribution in [0, 0.1) is 6.92 Å². The lowest BCUT2D eigenvalue weighted by Gasteiger charge is -2.12. The fourth-order valence-electron chi connectivity index (χ4n) is 3.37. The lowest BCUT2D eigenvalue weighted by molar-refractivity contribution is 0.101. The molecule has 0 aliphatic heterocycles. The number of benzene rings is 2. The van der Waals surface area contributed by atoms with Gasteiger partial charge in [-0.1, -0.05) is 40.9 Å². The number of nitrogens with zero attached hydrogens (tertiary/aromatic N) is 2. The lowest BCUT2D eigenvalue weighted by atomic mass is 10.1. The average molecular weight is 519 g/mol. The normalized spacial score (nSPS) is 11.0. The van der Waals surface area contributed by atoms with Gasteiger partial charge in [-0.3, -0.25) is 14.6 Å². The van der Waals surface area contributed by atoms with Crippen LogP contribution < -0.4 is 10.6 Å². The van der Waals surface area contributed by atoms with Gasteiger partial charge in [0.15, 0.2) is 0 Å². The number of anilines is 2. The van der Waals surface area contributed by atoms with Gasteiger partial charge in [0.2, 0.25) is 0 Å². The third kappa shape index (κ3) is 4.85. The van der Waals surface area contributed by atoms with Crippen molar-refractivity contribution in [2.45, 2.75) is 13.5 Å². The number of rotatable bonds is 6. The molecule has 0 saturated carbocycles. The maximum Gasteiger partial charge on any atom is 0.258 e. The minimum Gasteiger partial charge on any atom is -0.377 e. The number of ether oxygens (including phenoxy) is 1. The Kier molecular flexibility index (Phi) is 7.04. The summed E-state index contributed by atoms with van der Waals surface area (Å²) in [4.78, 5) is 37.6. The van der Waals surface area contributed by atoms with Gasteiger partial charge in [0, 0.05) is 35.9 Å². The monoisotopic (exact) mass is 517 g/mol. The van der Waals surface area contributed by atoms with Gasteiger partial charge < -0.3 is 20.4 Å². The summed E-state index contributed by atoms with van der Waals surface area (Å²) in [6.07, 6.45) is 2.65. The number of H-pyrrole nitrogens is 1. The number of aromatic amines is 1. The summed E-state index contributed by atoms with van der Waals surface area (Å²) >= 11 is 18.4. The minimum absolute atomic E-state index is 0.0728. The highest BCUT2D eigenvalue weighted by molar-refractivity contribution is 6.40. The summed E-state index contributed by atoms with van der Waals surface area (Å²) in [5, 5.41) is 6.32. The number of hydrogen-bond donors (Lipinski definition) is 3. The number of methoxy groups -OCH3 is 1. The van der Waals surface area contributed by atoms with Gasteiger partial charge in [-0.05, 0) is 36.8 Å². The first-order chi connectivity index (χ1) is 16.3. The number of pyridine rings is 1. The fraction of sp³-hybridized carbons (Fsp3) is 0.130. The molecule has 4 rings (SSSR count). The molecule has 0 spiro atoms. The third-order valence-electron chi connectivity index (χ3n) is 5.02. The van der Waals surface area contributed by atoms with Crippen LogP contribution in [-0.4, -0.2) is 33.9 Å². The molecule has 0 aliphatic rings. The van der Waals surface area contributed by atoms with E-state index >= 15 is 0 Å². The van der Waals surface area contributed by atoms with Crippen molar-refractivity contribution in [3.8, 4) is 0 Å². The summed E-state index contributed by atoms with van der Waals surface area (Å²) in [5.41, 5.74) is 2.88. The zero-order valence-corrected chi connectivity index (χ0v) is 20.3. The topological polar surface area (TPSA) is 109 Å². The van der Waals surface area contributed by atoms with Crippen LogP contribution >= 0.6 is 34.8 Å². The Morgan fingerprint density at radius 1 is 1.03 bits per heavy atom. The first kappa shape index (κ1) is 24.0. The Morgan fingerprint density at radius 2 is 1.76 bits per heavy atom. The Labute approximate surface area is 209 Å². The van der Waals surface area contributed by atoms with Gasteiger partial charge in [0.25, 0.3) is 11.8 Å². The van der Waals surface area contributed by atoms with Crippen LogP contribution in [0.5, 0.6) is 0 Å². The number of fused-ring (bicyclic) bond motifs is 1. The number of aromatic nitrogens is 3. The largest absolute Gasteiger partial charge is 0.377 e. The molecule has 0 saturated heterocycles. The molecule has 0 atom stereocenters. The second kappa shape index (κ2) is 9.99. The first-order valence-electron chi connectivity index (χ1n) is 9.97. The maximum absolute atomic E-state index is 13.3. The molecule has 4 aromatic rings. The Morgan fingerprint density at radius 3 is 2.47 bits per heavy atom. The molecular formula is C23H18Cl3N5O3. The quantitative estimate of drug-likeness (QED) is 0.295. The van der Waals surface area contributed by atoms with Crippen LogP contribution in [0.25, 0.3) is 11.0 Å². The summed E-state index contributed by atoms with van der Waals surface area (Å²) in [7, 11) is 1.54. The van der Waals surface area contributed by atoms with Crippen molar-refractivity contribution in [3.05, 3.63) is 80.3 Å². The van der Waals surface area contributed by atoms with Gasteiger partial charge in [0.1, 0.15) is 17.9 Å². The van der Waals surface area contributed by atoms with Crippen molar-refractivity contribution in [2.24, 2.45) is 0 Å². The van der Waals surface area contributed by atoms with E-state index in [1.165, 1.54) is 25.6 Å². The van der Waals surface area contributed by atoms with E-state index in [0.717, 1.165) is 5.56 Å². The Balaban J connectivity index is 1.75. The van der Waals surface area contributed by atoms with Crippen LogP contribution in [0.2, 0.25) is 15.1 Å². The van der Waals surface area contributed by atoms with Crippen LogP contribution in [0.1, 0.15) is 32.1 Å². The van der Waals surface area contributed by atoms with Crippen molar-refractivity contribution in [1.82, 2.24) is 15.0 Å². The number of nitrogens with one attached hydrogen (secondary N) is 3. The van der Waals surface area contributed by atoms with E-state index in [0.29, 0.717) is 33.3 Å². The fourth-order valence-corrected chi connectivity index (χ4v) is 4.08. The predicted octanol–water partition coefficient (Wildman–Crippen LogP) is 5.88. The van der Waals surface area contributed by atoms with E-state index in [4.69, 9.17) is 39.5 Å². The highest BCUT2D eigenvalue weighted by atomic mass is 35.5. The van der Waals surface area contributed by atoms with Gasteiger partial charge in [-0.25, -0.2) is 4.98 Å². The number of halogens is 3. The average Bonchev–Trinajstić information content (AvgIpc) is 3.19. The molecule has 8 nitrogen and oxygen atoms in total. The van der Waals surface area contributed by atoms with Crippen molar-refractivity contribution < 1.29 is 14.3 Å². The van der Waals surface area contributed by atoms with Crippen molar-refractivity contribution >= 4 is 69.0 Å². The standard InChI is InChI=1S/C23H18Cl3N5O3/c1-11-14(24)4-3-5-17(11)30-22(32)13-6-12(7-18-21(13)31-19(29-18)10-34-2)28-23(33)20-15(25)8-27-9-16(20)26/h3-9H,10H2,1-2H3,(H,28,33)(H,29,31)(H,30,32). The molecule has 0 aliphatic carbocycles. The molecule has 2 amide bonds. The SMILES string of the molecule is COCc1nc2c(C(=O)Nc3cccc(Cl)c3C)cc(NC(=O)c3c(Cl)cncc3Cl)cc2[nH]1. The molecule has 2 aromatic carbocycles. The molecule has 0 unspecified atom stereocenters. The summed E-state index contributed by atoms with van der Waals surface area (Å²) in [6, 6.07) is 8.40. The molecule has 0 radical (unpaired) electrons. The second-order valence-electron chi connectivity index (χ2n) is 7.34. The van der Waals surface area contributed by atoms with Crippen molar-refractivity contribution in [2.75, 3.05) is 17.7 Å². The summed E-state index contributed by atoms with van der Waals surface area (Å²) in [6.45, 7) is 2.02. The van der Waals surface area contributed by atoms with Gasteiger partial charge in [-0.2, -0.15) is 0 Å². The van der Waals surface area contributed by atoms with E-state index in [1.807, 2.05) is 0 Å². The molecule has 174 valence electrons. The highest BCUT2D eigenvalue weighted by Gasteiger charge is 2.20. The number of amides is 2. The number of carbonyl (C=O) groups is 2. The van der Waals surface area contributed by atoms with Gasteiger partial charge >= 0.3 is 0 Å². The van der Waals surface area contributed by atoms with Crippen molar-refractivity contribution in [3.63, 3.8) is 0 Å². The number of hydrogen-bond acceptors (Lipinski definition) is 5. The smallest absolute Gasteiger partial charge is 0.258 e. The van der Waals surface area contributed by atoms with Crippen LogP contribution in [0.3, 0.4) is 0 Å². The molecular weight excluding hydrogens is 501 g/mol. The minimum atomic E-state index is -0.551. The van der Waals surface area contributed by atoms with Crippen LogP contribution in [0.15, 0.2) is 42.7 Å². The molecule has 34 heavy (non-hydrogen) atoms. The highest BCUT2D eigenvalue weighted by Crippen LogP contribution is 2.28. The molecule has 11 heteroatoms.